The lowest BCUT2D eigenvalue weighted by Gasteiger charge is -2.18. The Morgan fingerprint density at radius 2 is 1.83 bits per heavy atom. The van der Waals surface area contributed by atoms with E-state index in [1.165, 1.54) is 18.5 Å². The summed E-state index contributed by atoms with van der Waals surface area (Å²) in [5, 5.41) is 5.30. The van der Waals surface area contributed by atoms with Crippen LogP contribution in [0.1, 0.15) is 35.3 Å². The van der Waals surface area contributed by atoms with Gasteiger partial charge in [0.15, 0.2) is 0 Å². The van der Waals surface area contributed by atoms with Gasteiger partial charge in [-0.1, -0.05) is 23.2 Å². The molecule has 0 saturated carbocycles. The first-order valence-electron chi connectivity index (χ1n) is 11.8. The molecular weight excluding hydrogens is 629 g/mol. The number of nitrogens with zero attached hydrogens (tertiary/aromatic N) is 3. The predicted molar refractivity (Wildman–Crippen MR) is 146 cm³/mol. The summed E-state index contributed by atoms with van der Waals surface area (Å²) in [6.45, 7) is 3.42. The van der Waals surface area contributed by atoms with Crippen LogP contribution in [0.4, 0.5) is 34.9 Å². The molecule has 0 radical (unpaired) electrons. The number of carbonyl (C=O) groups is 1. The second-order valence-electron chi connectivity index (χ2n) is 9.90. The first-order valence-corrected chi connectivity index (χ1v) is 14.4. The molecule has 17 heteroatoms. The third-order valence-electron chi connectivity index (χ3n) is 6.01. The van der Waals surface area contributed by atoms with Crippen LogP contribution in [0, 0.1) is 5.82 Å². The lowest BCUT2D eigenvalue weighted by Crippen LogP contribution is -2.25. The standard InChI is InChI=1S/C25H19Cl2F4N5O5S/c1-24(2)8-13-20-18(34-23(36(20)41-42(3,38)39)35-19-15(26)9-32-10-16(19)27)7-12(21(13)40-24)22(37)33-11-4-5-17(28)14(6-11)25(29,30)31/h4-7,9-10H,8H2,1-3H3,(H,33,37)(H,32,34,35). The number of carbonyl (C=O) groups excluding carboxylic acids is 1. The number of ether oxygens (including phenoxy) is 1. The molecule has 1 aliphatic heterocycles. The van der Waals surface area contributed by atoms with E-state index in [9.17, 15) is 30.8 Å². The number of nitrogens with one attached hydrogen (secondary N) is 2. The van der Waals surface area contributed by atoms with Crippen molar-refractivity contribution in [2.24, 2.45) is 0 Å². The summed E-state index contributed by atoms with van der Waals surface area (Å²) < 4.78 is 90.1. The summed E-state index contributed by atoms with van der Waals surface area (Å²) in [6, 6.07) is 3.28. The number of anilines is 3. The molecular formula is C25H19Cl2F4N5O5S. The van der Waals surface area contributed by atoms with Crippen molar-refractivity contribution in [3.05, 3.63) is 69.2 Å². The van der Waals surface area contributed by atoms with Crippen molar-refractivity contribution < 1.29 is 39.8 Å². The minimum Gasteiger partial charge on any atom is -0.486 e. The van der Waals surface area contributed by atoms with Gasteiger partial charge < -0.3 is 15.4 Å². The van der Waals surface area contributed by atoms with Gasteiger partial charge in [-0.15, -0.1) is 4.73 Å². The molecule has 0 saturated heterocycles. The Kier molecular flexibility index (Phi) is 7.18. The van der Waals surface area contributed by atoms with Crippen LogP contribution < -0.4 is 19.7 Å². The normalized spacial score (nSPS) is 14.4. The Bertz CT molecular complexity index is 1860. The monoisotopic (exact) mass is 647 g/mol. The van der Waals surface area contributed by atoms with Gasteiger partial charge in [-0.05, 0) is 38.1 Å². The van der Waals surface area contributed by atoms with E-state index in [1.807, 2.05) is 0 Å². The highest BCUT2D eigenvalue weighted by molar-refractivity contribution is 7.86. The van der Waals surface area contributed by atoms with Gasteiger partial charge in [0.05, 0.1) is 38.6 Å². The second kappa shape index (κ2) is 10.2. The predicted octanol–water partition coefficient (Wildman–Crippen LogP) is 5.99. The minimum absolute atomic E-state index is 0.0212. The van der Waals surface area contributed by atoms with Gasteiger partial charge in [0, 0.05) is 30.1 Å². The van der Waals surface area contributed by atoms with Crippen molar-refractivity contribution in [2.75, 3.05) is 16.9 Å². The third-order valence-corrected chi connectivity index (χ3v) is 7.00. The maximum atomic E-state index is 13.8. The van der Waals surface area contributed by atoms with Crippen LogP contribution in [0.2, 0.25) is 10.0 Å². The third kappa shape index (κ3) is 5.76. The lowest BCUT2D eigenvalue weighted by atomic mass is 9.98. The van der Waals surface area contributed by atoms with Gasteiger partial charge in [0.2, 0.25) is 5.95 Å². The molecule has 0 bridgehead atoms. The van der Waals surface area contributed by atoms with Crippen molar-refractivity contribution in [2.45, 2.75) is 32.0 Å². The van der Waals surface area contributed by atoms with Crippen molar-refractivity contribution in [1.82, 2.24) is 14.7 Å². The van der Waals surface area contributed by atoms with Gasteiger partial charge in [-0.25, -0.2) is 9.37 Å². The number of halogens is 6. The summed E-state index contributed by atoms with van der Waals surface area (Å²) in [5.41, 5.74) is -2.26. The molecule has 0 fully saturated rings. The van der Waals surface area contributed by atoms with Gasteiger partial charge >= 0.3 is 16.3 Å². The number of benzene rings is 2. The molecule has 4 aromatic rings. The summed E-state index contributed by atoms with van der Waals surface area (Å²) in [4.78, 5) is 21.6. The molecule has 222 valence electrons. The van der Waals surface area contributed by atoms with E-state index in [-0.39, 0.29) is 56.1 Å². The maximum Gasteiger partial charge on any atom is 0.419 e. The zero-order chi connectivity index (χ0) is 30.8. The fraction of sp³-hybridized carbons (Fsp3) is 0.240. The summed E-state index contributed by atoms with van der Waals surface area (Å²) >= 11 is 12.4. The van der Waals surface area contributed by atoms with Crippen LogP contribution >= 0.6 is 23.2 Å². The highest BCUT2D eigenvalue weighted by Gasteiger charge is 2.38. The molecule has 0 spiro atoms. The smallest absolute Gasteiger partial charge is 0.419 e. The molecule has 42 heavy (non-hydrogen) atoms. The van der Waals surface area contributed by atoms with Crippen LogP contribution in [0.5, 0.6) is 5.75 Å². The quantitative estimate of drug-likeness (QED) is 0.245. The number of pyridine rings is 1. The molecule has 2 aromatic carbocycles. The first kappa shape index (κ1) is 29.7. The molecule has 1 amide bonds. The number of aromatic nitrogens is 3. The first-order chi connectivity index (χ1) is 19.4. The number of hydrogen-bond acceptors (Lipinski definition) is 8. The highest BCUT2D eigenvalue weighted by Crippen LogP contribution is 2.44. The number of rotatable bonds is 6. The van der Waals surface area contributed by atoms with Crippen LogP contribution in [0.25, 0.3) is 11.0 Å². The Labute approximate surface area is 245 Å². The largest absolute Gasteiger partial charge is 0.486 e. The van der Waals surface area contributed by atoms with Crippen molar-refractivity contribution in [1.29, 1.82) is 0 Å². The molecule has 10 nitrogen and oxygen atoms in total. The number of hydrogen-bond donors (Lipinski definition) is 2. The van der Waals surface area contributed by atoms with E-state index in [2.05, 4.69) is 20.6 Å². The Hall–Kier alpha value is -3.82. The van der Waals surface area contributed by atoms with Crippen LogP contribution in [0.15, 0.2) is 36.7 Å². The molecule has 0 unspecified atom stereocenters. The number of alkyl halides is 3. The number of imidazole rings is 1. The lowest BCUT2D eigenvalue weighted by molar-refractivity contribution is -0.139. The highest BCUT2D eigenvalue weighted by atomic mass is 35.5. The van der Waals surface area contributed by atoms with Gasteiger partial charge in [-0.3, -0.25) is 14.1 Å². The number of fused-ring (bicyclic) bond motifs is 3. The van der Waals surface area contributed by atoms with Crippen LogP contribution in [-0.4, -0.2) is 40.9 Å². The fourth-order valence-electron chi connectivity index (χ4n) is 4.41. The molecule has 2 N–H and O–H groups in total. The van der Waals surface area contributed by atoms with E-state index >= 15 is 0 Å². The van der Waals surface area contributed by atoms with E-state index in [1.54, 1.807) is 13.8 Å². The van der Waals surface area contributed by atoms with E-state index in [0.717, 1.165) is 17.1 Å². The van der Waals surface area contributed by atoms with Crippen LogP contribution in [0.3, 0.4) is 0 Å². The SMILES string of the molecule is CC1(C)Cc2c(c(C(=O)Nc3ccc(F)c(C(F)(F)F)c3)cc3nc(Nc4c(Cl)cncc4Cl)n(OS(C)(=O)=O)c23)O1. The zero-order valence-corrected chi connectivity index (χ0v) is 24.1. The maximum absolute atomic E-state index is 13.8. The number of amides is 1. The minimum atomic E-state index is -4.99. The van der Waals surface area contributed by atoms with Crippen molar-refractivity contribution >= 4 is 67.6 Å². The van der Waals surface area contributed by atoms with Crippen molar-refractivity contribution in [3.63, 3.8) is 0 Å². The molecule has 3 heterocycles. The summed E-state index contributed by atoms with van der Waals surface area (Å²) in [5.74, 6) is -2.56. The van der Waals surface area contributed by atoms with E-state index in [0.29, 0.717) is 17.7 Å². The van der Waals surface area contributed by atoms with E-state index in [4.69, 9.17) is 32.2 Å². The fourth-order valence-corrected chi connectivity index (χ4v) is 5.28. The average molecular weight is 648 g/mol. The topological polar surface area (TPSA) is 124 Å². The molecule has 2 aromatic heterocycles. The van der Waals surface area contributed by atoms with Crippen LogP contribution in [-0.2, 0) is 22.7 Å². The molecule has 1 aliphatic rings. The molecule has 0 aliphatic carbocycles. The van der Waals surface area contributed by atoms with Crippen molar-refractivity contribution in [3.8, 4) is 5.75 Å². The Morgan fingerprint density at radius 1 is 1.17 bits per heavy atom. The zero-order valence-electron chi connectivity index (χ0n) is 21.7. The summed E-state index contributed by atoms with van der Waals surface area (Å²) in [7, 11) is -4.14. The Balaban J connectivity index is 1.67. The van der Waals surface area contributed by atoms with E-state index < -0.39 is 39.2 Å². The Morgan fingerprint density at radius 3 is 2.45 bits per heavy atom. The van der Waals surface area contributed by atoms with Gasteiger partial charge in [-0.2, -0.15) is 21.6 Å². The average Bonchev–Trinajstić information content (AvgIpc) is 3.35. The summed E-state index contributed by atoms with van der Waals surface area (Å²) in [6.07, 6.45) is -1.44. The van der Waals surface area contributed by atoms with Gasteiger partial charge in [0.25, 0.3) is 5.91 Å². The van der Waals surface area contributed by atoms with Gasteiger partial charge in [0.1, 0.15) is 22.7 Å². The molecule has 0 atom stereocenters. The second-order valence-corrected chi connectivity index (χ2v) is 12.3. The molecule has 5 rings (SSSR count).